The molecule has 9 N–H and O–H groups in total. The van der Waals surface area contributed by atoms with E-state index in [0.29, 0.717) is 56.9 Å². The Hall–Kier alpha value is -12.4. The Morgan fingerprint density at radius 1 is 0.464 bits per heavy atom. The highest BCUT2D eigenvalue weighted by atomic mass is 19.1. The van der Waals surface area contributed by atoms with Crippen molar-refractivity contribution in [1.82, 2.24) is 92.0 Å². The fraction of sp³-hybridized carbons (Fsp3) is 0.0536. The van der Waals surface area contributed by atoms with Crippen molar-refractivity contribution in [2.24, 2.45) is 0 Å². The monoisotopic (exact) mass is 1130 g/mol. The summed E-state index contributed by atoms with van der Waals surface area (Å²) in [7, 11) is 0. The van der Waals surface area contributed by atoms with Gasteiger partial charge in [-0.3, -0.25) is 54.0 Å². The molecule has 28 heteroatoms. The number of aryl methyl sites for hydroxylation is 2. The van der Waals surface area contributed by atoms with E-state index in [1.54, 1.807) is 112 Å². The number of benzene rings is 5. The fourth-order valence-corrected chi connectivity index (χ4v) is 7.29. The molecular formula is C56H43F2N19O7. The third-order valence-corrected chi connectivity index (χ3v) is 11.8. The third-order valence-electron chi connectivity index (χ3n) is 11.8. The Bertz CT molecular complexity index is 4670. The van der Waals surface area contributed by atoms with Gasteiger partial charge >= 0.3 is 11.1 Å². The van der Waals surface area contributed by atoms with Crippen molar-refractivity contribution in [1.29, 1.82) is 0 Å². The van der Waals surface area contributed by atoms with Gasteiger partial charge in [0, 0.05) is 62.8 Å². The van der Waals surface area contributed by atoms with E-state index in [0.717, 1.165) is 44.5 Å². The summed E-state index contributed by atoms with van der Waals surface area (Å²) < 4.78 is 25.4. The number of hydrogen-bond donors (Lipinski definition) is 9. The molecule has 7 aromatic heterocycles. The van der Waals surface area contributed by atoms with Crippen LogP contribution in [0.4, 0.5) is 14.5 Å². The molecule has 12 aromatic rings. The van der Waals surface area contributed by atoms with E-state index < -0.39 is 22.0 Å². The summed E-state index contributed by atoms with van der Waals surface area (Å²) in [4.78, 5) is 88.4. The van der Waals surface area contributed by atoms with Gasteiger partial charge in [-0.25, -0.2) is 28.8 Å². The fourth-order valence-electron chi connectivity index (χ4n) is 7.29. The van der Waals surface area contributed by atoms with Gasteiger partial charge in [-0.1, -0.05) is 78.9 Å². The van der Waals surface area contributed by atoms with Gasteiger partial charge in [0.05, 0.1) is 29.9 Å². The smallest absolute Gasteiger partial charge is 0.306 e. The zero-order chi connectivity index (χ0) is 59.7. The molecule has 0 bridgehead atoms. The number of hydrogen-bond acceptors (Lipinski definition) is 16. The maximum atomic E-state index is 12.7. The quantitative estimate of drug-likeness (QED) is 0.0664. The summed E-state index contributed by atoms with van der Waals surface area (Å²) in [6.07, 6.45) is 3.11. The van der Waals surface area contributed by atoms with Gasteiger partial charge in [-0.05, 0) is 96.4 Å². The Morgan fingerprint density at radius 3 is 1.51 bits per heavy atom. The standard InChI is InChI=1S/C12H10N6O.2C11H9FN2O.C11H8N6O2.C11H7N3O2/c1-7-6-13-10(14-12(7)19)8-3-2-4-9(5-8)11-15-17-18-16-11;1-7-10(6-13-14-11(7)15)8-2-4-9(12)5-3-8;1-7-6-10(13-14-11(7)15)8-2-4-9(12)5-3-8;18-9-5-8(12-15-11(9)19)6-1-3-7(4-2-6)10-13-16-17-14-10;1-12-8-4-2-7(3-5-8)9-6-10(15)11(16)14-13-9/h2-6H,1H3,(H,13,14,19)(H,15,16,17,18);2*2-6H,1H3,(H,14,15);1-5H,(H,12,18)(H,15,19)(H,13,14,16,17);2-6H,(H,13,15)(H,14,16). The van der Waals surface area contributed by atoms with Gasteiger partial charge in [-0.2, -0.15) is 20.6 Å². The summed E-state index contributed by atoms with van der Waals surface area (Å²) in [5, 5.41) is 49.4. The Labute approximate surface area is 468 Å². The number of halogens is 2. The van der Waals surface area contributed by atoms with Gasteiger partial charge in [0.2, 0.25) is 22.5 Å². The summed E-state index contributed by atoms with van der Waals surface area (Å²) in [6, 6.07) is 37.4. The predicted octanol–water partition coefficient (Wildman–Crippen LogP) is 5.89. The number of aromatic nitrogens is 18. The number of aromatic amines is 9. The molecule has 0 atom stereocenters. The van der Waals surface area contributed by atoms with Crippen molar-refractivity contribution in [3.63, 3.8) is 0 Å². The maximum Gasteiger partial charge on any atom is 0.310 e. The van der Waals surface area contributed by atoms with Crippen LogP contribution in [0.5, 0.6) is 0 Å². The molecule has 26 nitrogen and oxygen atoms in total. The van der Waals surface area contributed by atoms with Crippen LogP contribution in [0, 0.1) is 39.0 Å². The second-order valence-electron chi connectivity index (χ2n) is 17.6. The zero-order valence-electron chi connectivity index (χ0n) is 44.0. The number of rotatable bonds is 7. The lowest BCUT2D eigenvalue weighted by Gasteiger charge is -2.03. The van der Waals surface area contributed by atoms with E-state index >= 15 is 0 Å². The predicted molar refractivity (Wildman–Crippen MR) is 304 cm³/mol. The van der Waals surface area contributed by atoms with Crippen molar-refractivity contribution in [2.45, 2.75) is 20.8 Å². The van der Waals surface area contributed by atoms with Gasteiger partial charge in [0.15, 0.2) is 5.69 Å². The average Bonchev–Trinajstić information content (AvgIpc) is 4.42. The molecule has 0 saturated carbocycles. The summed E-state index contributed by atoms with van der Waals surface area (Å²) in [5.74, 6) is 0.910. The van der Waals surface area contributed by atoms with E-state index in [-0.39, 0.29) is 28.3 Å². The van der Waals surface area contributed by atoms with Gasteiger partial charge in [0.1, 0.15) is 17.5 Å². The van der Waals surface area contributed by atoms with Crippen LogP contribution >= 0.6 is 0 Å². The molecule has 0 radical (unpaired) electrons. The van der Waals surface area contributed by atoms with Crippen LogP contribution in [0.15, 0.2) is 185 Å². The highest BCUT2D eigenvalue weighted by Gasteiger charge is 2.10. The molecule has 0 aliphatic heterocycles. The highest BCUT2D eigenvalue weighted by Crippen LogP contribution is 2.23. The Morgan fingerprint density at radius 2 is 0.988 bits per heavy atom. The molecule has 418 valence electrons. The van der Waals surface area contributed by atoms with Gasteiger partial charge in [-0.15, -0.1) is 20.4 Å². The summed E-state index contributed by atoms with van der Waals surface area (Å²) in [6.45, 7) is 11.9. The van der Waals surface area contributed by atoms with Crippen LogP contribution in [-0.2, 0) is 0 Å². The van der Waals surface area contributed by atoms with E-state index in [2.05, 4.69) is 96.9 Å². The van der Waals surface area contributed by atoms with Crippen LogP contribution in [0.3, 0.4) is 0 Å². The Balaban J connectivity index is 0.000000138. The molecule has 0 saturated heterocycles. The molecule has 0 fully saturated rings. The Kier molecular flexibility index (Phi) is 18.5. The minimum atomic E-state index is -0.679. The lowest BCUT2D eigenvalue weighted by atomic mass is 10.0. The second-order valence-corrected chi connectivity index (χ2v) is 17.6. The molecule has 0 spiro atoms. The van der Waals surface area contributed by atoms with Crippen molar-refractivity contribution in [3.05, 3.63) is 264 Å². The topological polar surface area (TPSA) is 382 Å². The van der Waals surface area contributed by atoms with Crippen LogP contribution in [0.2, 0.25) is 0 Å². The SMILES string of the molecule is Cc1c(-c2ccc(F)cc2)cn[nH]c1=O.Cc1cc(-c2ccc(F)cc2)n[nH]c1=O.Cc1cnc(-c2cccc(-c3nn[nH]n3)c2)[nH]c1=O.O=c1cc(-c2ccc(-c3nn[nH]n3)cc2)[nH][nH]c1=O.[C-]#[N+]c1ccc(-c2cc(=O)c(=O)[nH][nH]2)cc1. The van der Waals surface area contributed by atoms with Crippen LogP contribution in [0.25, 0.3) is 83.9 Å². The van der Waals surface area contributed by atoms with Gasteiger partial charge < -0.3 is 4.98 Å². The first kappa shape index (κ1) is 57.8. The van der Waals surface area contributed by atoms with Crippen molar-refractivity contribution in [3.8, 4) is 79.1 Å². The minimum Gasteiger partial charge on any atom is -0.306 e. The second kappa shape index (κ2) is 27.0. The molecule has 0 aliphatic carbocycles. The molecule has 7 heterocycles. The lowest BCUT2D eigenvalue weighted by molar-refractivity contribution is 0.627. The molecule has 0 amide bonds. The van der Waals surface area contributed by atoms with E-state index in [1.807, 2.05) is 24.3 Å². The first-order valence-corrected chi connectivity index (χ1v) is 24.5. The minimum absolute atomic E-state index is 0.144. The van der Waals surface area contributed by atoms with E-state index in [4.69, 9.17) is 6.57 Å². The molecule has 12 rings (SSSR count). The molecule has 0 unspecified atom stereocenters. The van der Waals surface area contributed by atoms with Crippen LogP contribution in [0.1, 0.15) is 16.7 Å². The first-order valence-electron chi connectivity index (χ1n) is 24.5. The third kappa shape index (κ3) is 15.0. The van der Waals surface area contributed by atoms with E-state index in [1.165, 1.54) is 36.4 Å². The maximum absolute atomic E-state index is 12.7. The number of H-pyrrole nitrogens is 9. The number of tetrazole rings is 2. The normalized spacial score (nSPS) is 10.3. The summed E-state index contributed by atoms with van der Waals surface area (Å²) >= 11 is 0. The largest absolute Gasteiger partial charge is 0.310 e. The van der Waals surface area contributed by atoms with Crippen LogP contribution in [-0.4, -0.2) is 92.0 Å². The molecule has 5 aromatic carbocycles. The summed E-state index contributed by atoms with van der Waals surface area (Å²) in [5.41, 5.74) is 7.01. The van der Waals surface area contributed by atoms with Crippen LogP contribution < -0.4 is 38.7 Å². The number of nitrogens with one attached hydrogen (secondary N) is 9. The average molecular weight is 1130 g/mol. The first-order chi connectivity index (χ1) is 40.5. The van der Waals surface area contributed by atoms with Crippen molar-refractivity contribution in [2.75, 3.05) is 0 Å². The van der Waals surface area contributed by atoms with Crippen molar-refractivity contribution < 1.29 is 8.78 Å². The molecule has 84 heavy (non-hydrogen) atoms. The lowest BCUT2D eigenvalue weighted by Crippen LogP contribution is -2.26. The zero-order valence-corrected chi connectivity index (χ0v) is 44.0. The highest BCUT2D eigenvalue weighted by molar-refractivity contribution is 5.68. The van der Waals surface area contributed by atoms with Crippen molar-refractivity contribution >= 4 is 5.69 Å². The molecular weight excluding hydrogens is 1090 g/mol. The molecule has 0 aliphatic rings. The number of nitrogens with zero attached hydrogens (tertiary/aromatic N) is 10. The van der Waals surface area contributed by atoms with E-state index in [9.17, 15) is 42.3 Å². The van der Waals surface area contributed by atoms with Gasteiger partial charge in [0.25, 0.3) is 16.7 Å².